The highest BCUT2D eigenvalue weighted by atomic mass is 35.5. The lowest BCUT2D eigenvalue weighted by Gasteiger charge is -2.09. The second-order valence-electron chi connectivity index (χ2n) is 5.66. The summed E-state index contributed by atoms with van der Waals surface area (Å²) in [5.74, 6) is 0.922. The van der Waals surface area contributed by atoms with Crippen LogP contribution in [0.5, 0.6) is 5.75 Å². The van der Waals surface area contributed by atoms with Crippen molar-refractivity contribution in [3.05, 3.63) is 58.1 Å². The summed E-state index contributed by atoms with van der Waals surface area (Å²) in [7, 11) is 1.67. The number of carbonyl (C=O) groups excluding carboxylic acids is 1. The van der Waals surface area contributed by atoms with Crippen LogP contribution in [0.4, 0.5) is 5.69 Å². The van der Waals surface area contributed by atoms with Crippen molar-refractivity contribution in [1.82, 2.24) is 0 Å². The van der Waals surface area contributed by atoms with Crippen LogP contribution in [0.1, 0.15) is 29.5 Å². The summed E-state index contributed by atoms with van der Waals surface area (Å²) < 4.78 is 5.26. The molecule has 2 rings (SSSR count). The quantitative estimate of drug-likeness (QED) is 0.815. The third kappa shape index (κ3) is 5.00. The number of methoxy groups -OCH3 is 1. The maximum absolute atomic E-state index is 12.0. The molecule has 23 heavy (non-hydrogen) atoms. The molecule has 0 fully saturated rings. The van der Waals surface area contributed by atoms with Crippen LogP contribution in [-0.2, 0) is 11.2 Å². The fourth-order valence-electron chi connectivity index (χ4n) is 2.53. The monoisotopic (exact) mass is 331 g/mol. The predicted octanol–water partition coefficient (Wildman–Crippen LogP) is 4.93. The minimum atomic E-state index is 0.0284. The molecule has 0 aliphatic heterocycles. The van der Waals surface area contributed by atoms with Crippen LogP contribution in [-0.4, -0.2) is 13.0 Å². The van der Waals surface area contributed by atoms with E-state index in [1.54, 1.807) is 13.2 Å². The van der Waals surface area contributed by atoms with E-state index in [9.17, 15) is 4.79 Å². The van der Waals surface area contributed by atoms with Gasteiger partial charge in [0.05, 0.1) is 7.11 Å². The Balaban J connectivity index is 1.84. The smallest absolute Gasteiger partial charge is 0.224 e. The van der Waals surface area contributed by atoms with Crippen LogP contribution in [0.3, 0.4) is 0 Å². The molecule has 1 amide bonds. The van der Waals surface area contributed by atoms with Crippen LogP contribution in [0.25, 0.3) is 0 Å². The Morgan fingerprint density at radius 2 is 1.91 bits per heavy atom. The maximum Gasteiger partial charge on any atom is 0.224 e. The van der Waals surface area contributed by atoms with E-state index in [0.29, 0.717) is 11.4 Å². The van der Waals surface area contributed by atoms with E-state index in [0.717, 1.165) is 35.4 Å². The lowest BCUT2D eigenvalue weighted by atomic mass is 10.0. The molecule has 0 atom stereocenters. The Kier molecular flexibility index (Phi) is 6.05. The molecule has 0 bridgehead atoms. The minimum Gasteiger partial charge on any atom is -0.496 e. The summed E-state index contributed by atoms with van der Waals surface area (Å²) >= 11 is 5.92. The van der Waals surface area contributed by atoms with E-state index >= 15 is 0 Å². The average molecular weight is 332 g/mol. The van der Waals surface area contributed by atoms with Crippen molar-refractivity contribution in [2.24, 2.45) is 0 Å². The van der Waals surface area contributed by atoms with Crippen LogP contribution in [0.2, 0.25) is 5.02 Å². The van der Waals surface area contributed by atoms with E-state index in [1.165, 1.54) is 5.56 Å². The van der Waals surface area contributed by atoms with Gasteiger partial charge in [0.1, 0.15) is 5.75 Å². The molecule has 0 aliphatic rings. The molecule has 0 saturated heterocycles. The second-order valence-corrected chi connectivity index (χ2v) is 6.10. The fraction of sp³-hybridized carbons (Fsp3) is 0.316. The predicted molar refractivity (Wildman–Crippen MR) is 95.5 cm³/mol. The van der Waals surface area contributed by atoms with Crippen LogP contribution in [0.15, 0.2) is 36.4 Å². The molecule has 0 unspecified atom stereocenters. The van der Waals surface area contributed by atoms with Gasteiger partial charge in [-0.3, -0.25) is 4.79 Å². The number of benzene rings is 2. The van der Waals surface area contributed by atoms with Gasteiger partial charge in [0, 0.05) is 17.1 Å². The molecule has 0 aromatic heterocycles. The number of hydrogen-bond donors (Lipinski definition) is 1. The van der Waals surface area contributed by atoms with Gasteiger partial charge in [-0.15, -0.1) is 0 Å². The number of aryl methyl sites for hydroxylation is 3. The van der Waals surface area contributed by atoms with Gasteiger partial charge in [-0.2, -0.15) is 0 Å². The third-order valence-electron chi connectivity index (χ3n) is 3.79. The Hall–Kier alpha value is -2.00. The van der Waals surface area contributed by atoms with E-state index in [1.807, 2.05) is 38.1 Å². The highest BCUT2D eigenvalue weighted by Gasteiger charge is 2.06. The largest absolute Gasteiger partial charge is 0.496 e. The number of hydrogen-bond acceptors (Lipinski definition) is 2. The molecule has 0 aliphatic carbocycles. The Morgan fingerprint density at radius 3 is 2.57 bits per heavy atom. The molecule has 0 heterocycles. The number of ether oxygens (including phenoxy) is 1. The molecular formula is C19H22ClNO2. The Bertz CT molecular complexity index is 698. The van der Waals surface area contributed by atoms with E-state index in [4.69, 9.17) is 16.3 Å². The van der Waals surface area contributed by atoms with Crippen LogP contribution < -0.4 is 10.1 Å². The molecule has 2 aromatic carbocycles. The molecule has 4 heteroatoms. The Morgan fingerprint density at radius 1 is 1.13 bits per heavy atom. The lowest BCUT2D eigenvalue weighted by molar-refractivity contribution is -0.116. The van der Waals surface area contributed by atoms with Crippen molar-refractivity contribution in [2.45, 2.75) is 33.1 Å². The normalized spacial score (nSPS) is 10.4. The number of amides is 1. The first-order valence-electron chi connectivity index (χ1n) is 7.69. The summed E-state index contributed by atoms with van der Waals surface area (Å²) in [6, 6.07) is 11.6. The van der Waals surface area contributed by atoms with Gasteiger partial charge in [0.25, 0.3) is 0 Å². The SMILES string of the molecule is COc1ccc(CCCC(=O)Nc2ccc(Cl)cc2C)cc1C. The van der Waals surface area contributed by atoms with Crippen molar-refractivity contribution in [2.75, 3.05) is 12.4 Å². The summed E-state index contributed by atoms with van der Waals surface area (Å²) in [6.45, 7) is 3.96. The molecule has 3 nitrogen and oxygen atoms in total. The first kappa shape index (κ1) is 17.4. The minimum absolute atomic E-state index is 0.0284. The van der Waals surface area contributed by atoms with Gasteiger partial charge < -0.3 is 10.1 Å². The van der Waals surface area contributed by atoms with E-state index in [2.05, 4.69) is 11.4 Å². The topological polar surface area (TPSA) is 38.3 Å². The van der Waals surface area contributed by atoms with Gasteiger partial charge in [-0.05, 0) is 67.6 Å². The van der Waals surface area contributed by atoms with Crippen LogP contribution in [0, 0.1) is 13.8 Å². The highest BCUT2D eigenvalue weighted by Crippen LogP contribution is 2.21. The second kappa shape index (κ2) is 8.02. The van der Waals surface area contributed by atoms with Gasteiger partial charge in [-0.1, -0.05) is 23.7 Å². The average Bonchev–Trinajstić information content (AvgIpc) is 2.50. The summed E-state index contributed by atoms with van der Waals surface area (Å²) in [6.07, 6.45) is 2.18. The molecule has 0 spiro atoms. The zero-order valence-electron chi connectivity index (χ0n) is 13.8. The molecule has 122 valence electrons. The number of nitrogens with one attached hydrogen (secondary N) is 1. The van der Waals surface area contributed by atoms with Crippen molar-refractivity contribution >= 4 is 23.2 Å². The van der Waals surface area contributed by atoms with Gasteiger partial charge in [0.15, 0.2) is 0 Å². The summed E-state index contributed by atoms with van der Waals surface area (Å²) in [4.78, 5) is 12.0. The van der Waals surface area contributed by atoms with Crippen molar-refractivity contribution in [1.29, 1.82) is 0 Å². The number of rotatable bonds is 6. The third-order valence-corrected chi connectivity index (χ3v) is 4.03. The van der Waals surface area contributed by atoms with Crippen molar-refractivity contribution < 1.29 is 9.53 Å². The van der Waals surface area contributed by atoms with Gasteiger partial charge >= 0.3 is 0 Å². The van der Waals surface area contributed by atoms with Crippen molar-refractivity contribution in [3.8, 4) is 5.75 Å². The van der Waals surface area contributed by atoms with Crippen molar-refractivity contribution in [3.63, 3.8) is 0 Å². The first-order chi connectivity index (χ1) is 11.0. The lowest BCUT2D eigenvalue weighted by Crippen LogP contribution is -2.12. The Labute approximate surface area is 142 Å². The molecule has 0 saturated carbocycles. The standard InChI is InChI=1S/C19H22ClNO2/c1-13-12-16(20)8-9-17(13)21-19(22)6-4-5-15-7-10-18(23-3)14(2)11-15/h7-12H,4-6H2,1-3H3,(H,21,22). The highest BCUT2D eigenvalue weighted by molar-refractivity contribution is 6.30. The zero-order chi connectivity index (χ0) is 16.8. The molecule has 0 radical (unpaired) electrons. The maximum atomic E-state index is 12.0. The van der Waals surface area contributed by atoms with E-state index < -0.39 is 0 Å². The zero-order valence-corrected chi connectivity index (χ0v) is 14.5. The fourth-order valence-corrected chi connectivity index (χ4v) is 2.76. The molecule has 1 N–H and O–H groups in total. The summed E-state index contributed by atoms with van der Waals surface area (Å²) in [5, 5.41) is 3.61. The number of carbonyl (C=O) groups is 1. The molecular weight excluding hydrogens is 310 g/mol. The number of halogens is 1. The van der Waals surface area contributed by atoms with Gasteiger partial charge in [0.2, 0.25) is 5.91 Å². The van der Waals surface area contributed by atoms with Crippen LogP contribution >= 0.6 is 11.6 Å². The first-order valence-corrected chi connectivity index (χ1v) is 8.07. The summed E-state index contributed by atoms with van der Waals surface area (Å²) in [5.41, 5.74) is 4.13. The van der Waals surface area contributed by atoms with Gasteiger partial charge in [-0.25, -0.2) is 0 Å². The molecule has 2 aromatic rings. The van der Waals surface area contributed by atoms with E-state index in [-0.39, 0.29) is 5.91 Å². The number of anilines is 1.